The van der Waals surface area contributed by atoms with Crippen LogP contribution in [0.25, 0.3) is 0 Å². The van der Waals surface area contributed by atoms with Gasteiger partial charge in [-0.1, -0.05) is 6.08 Å². The van der Waals surface area contributed by atoms with Gasteiger partial charge in [0.05, 0.1) is 12.0 Å². The molecule has 0 radical (unpaired) electrons. The molecule has 1 atom stereocenters. The van der Waals surface area contributed by atoms with Gasteiger partial charge >= 0.3 is 0 Å². The fraction of sp³-hybridized carbons (Fsp3) is 0.500. The summed E-state index contributed by atoms with van der Waals surface area (Å²) in [6.45, 7) is 3.29. The minimum Gasteiger partial charge on any atom is -0.379 e. The number of nitrogens with one attached hydrogen (secondary N) is 1. The maximum atomic E-state index is 10.9. The molecule has 0 aromatic carbocycles. The Morgan fingerprint density at radius 1 is 1.46 bits per heavy atom. The summed E-state index contributed by atoms with van der Waals surface area (Å²) in [6.07, 6.45) is 4.31. The molecule has 0 amide bonds. The summed E-state index contributed by atoms with van der Waals surface area (Å²) < 4.78 is 24.1. The molecular weight excluding hydrogens is 190 g/mol. The van der Waals surface area contributed by atoms with E-state index in [-0.39, 0.29) is 0 Å². The van der Waals surface area contributed by atoms with Crippen molar-refractivity contribution in [2.24, 2.45) is 0 Å². The Hall–Kier alpha value is -0.810. The van der Waals surface area contributed by atoms with Gasteiger partial charge in [-0.3, -0.25) is 4.72 Å². The highest BCUT2D eigenvalue weighted by Crippen LogP contribution is 2.28. The van der Waals surface area contributed by atoms with Crippen LogP contribution in [0.15, 0.2) is 23.4 Å². The lowest BCUT2D eigenvalue weighted by atomic mass is 9.99. The van der Waals surface area contributed by atoms with Crippen molar-refractivity contribution in [2.45, 2.75) is 19.4 Å². The highest BCUT2D eigenvalue weighted by Gasteiger charge is 2.32. The van der Waals surface area contributed by atoms with Gasteiger partial charge < -0.3 is 5.11 Å². The average Bonchev–Trinajstić information content (AvgIpc) is 2.13. The first-order valence-electron chi connectivity index (χ1n) is 3.83. The molecule has 0 spiro atoms. The Labute approximate surface area is 78.0 Å². The van der Waals surface area contributed by atoms with Gasteiger partial charge in [-0.15, -0.1) is 0 Å². The molecule has 0 heterocycles. The molecule has 1 rings (SSSR count). The van der Waals surface area contributed by atoms with Crippen molar-refractivity contribution < 1.29 is 13.5 Å². The number of rotatable bonds is 2. The summed E-state index contributed by atoms with van der Waals surface area (Å²) in [4.78, 5) is 0. The molecule has 1 unspecified atom stereocenters. The fourth-order valence-corrected chi connectivity index (χ4v) is 1.74. The maximum Gasteiger partial charge on any atom is 0.229 e. The predicted octanol–water partition coefficient (Wildman–Crippen LogP) is 0.130. The minimum absolute atomic E-state index is 0.299. The third-order valence-electron chi connectivity index (χ3n) is 2.09. The van der Waals surface area contributed by atoms with Crippen molar-refractivity contribution in [3.05, 3.63) is 23.4 Å². The summed E-state index contributed by atoms with van der Waals surface area (Å²) in [5.41, 5.74) is -0.172. The van der Waals surface area contributed by atoms with Crippen LogP contribution in [0.4, 0.5) is 0 Å². The Balaban J connectivity index is 2.90. The lowest BCUT2D eigenvalue weighted by Gasteiger charge is -2.23. The molecule has 4 nitrogen and oxygen atoms in total. The molecule has 13 heavy (non-hydrogen) atoms. The molecule has 0 saturated heterocycles. The van der Waals surface area contributed by atoms with E-state index < -0.39 is 15.6 Å². The first-order chi connectivity index (χ1) is 5.73. The smallest absolute Gasteiger partial charge is 0.229 e. The first-order valence-corrected chi connectivity index (χ1v) is 5.72. The van der Waals surface area contributed by atoms with Gasteiger partial charge in [-0.05, 0) is 25.5 Å². The third kappa shape index (κ3) is 2.10. The van der Waals surface area contributed by atoms with E-state index in [1.54, 1.807) is 26.0 Å². The van der Waals surface area contributed by atoms with Crippen LogP contribution < -0.4 is 4.72 Å². The highest BCUT2D eigenvalue weighted by molar-refractivity contribution is 7.88. The van der Waals surface area contributed by atoms with Gasteiger partial charge in [0, 0.05) is 0 Å². The van der Waals surface area contributed by atoms with Crippen LogP contribution >= 0.6 is 0 Å². The third-order valence-corrected chi connectivity index (χ3v) is 2.68. The van der Waals surface area contributed by atoms with E-state index in [9.17, 15) is 13.5 Å². The van der Waals surface area contributed by atoms with E-state index in [1.807, 2.05) is 0 Å². The summed E-state index contributed by atoms with van der Waals surface area (Å²) >= 11 is 0. The number of hydrogen-bond donors (Lipinski definition) is 2. The van der Waals surface area contributed by atoms with Crippen molar-refractivity contribution >= 4 is 10.0 Å². The second-order valence-electron chi connectivity index (χ2n) is 3.38. The van der Waals surface area contributed by atoms with E-state index in [2.05, 4.69) is 4.72 Å². The van der Waals surface area contributed by atoms with Gasteiger partial charge in [0.2, 0.25) is 10.0 Å². The van der Waals surface area contributed by atoms with Crippen molar-refractivity contribution in [3.63, 3.8) is 0 Å². The van der Waals surface area contributed by atoms with Crippen molar-refractivity contribution in [3.8, 4) is 0 Å². The summed E-state index contributed by atoms with van der Waals surface area (Å²) in [5, 5.41) is 9.82. The van der Waals surface area contributed by atoms with Crippen LogP contribution in [0.1, 0.15) is 13.8 Å². The number of allylic oxidation sites excluding steroid dienone is 2. The lowest BCUT2D eigenvalue weighted by molar-refractivity contribution is 0.137. The normalized spacial score (nSPS) is 28.3. The van der Waals surface area contributed by atoms with Gasteiger partial charge in [0.15, 0.2) is 0 Å². The Morgan fingerprint density at radius 2 is 2.00 bits per heavy atom. The average molecular weight is 203 g/mol. The summed E-state index contributed by atoms with van der Waals surface area (Å²) in [7, 11) is -3.31. The quantitative estimate of drug-likeness (QED) is 0.670. The largest absolute Gasteiger partial charge is 0.379 e. The molecule has 0 aromatic heterocycles. The van der Waals surface area contributed by atoms with Crippen LogP contribution in [0.5, 0.6) is 0 Å². The molecule has 74 valence electrons. The van der Waals surface area contributed by atoms with E-state index in [0.29, 0.717) is 5.70 Å². The topological polar surface area (TPSA) is 66.4 Å². The SMILES string of the molecule is CC1=CC=C(NS(C)(=O)=O)C1(C)O. The first kappa shape index (κ1) is 10.3. The van der Waals surface area contributed by atoms with Crippen molar-refractivity contribution in [1.82, 2.24) is 4.72 Å². The zero-order chi connectivity index (χ0) is 10.3. The molecule has 1 aliphatic carbocycles. The number of hydrogen-bond acceptors (Lipinski definition) is 3. The van der Waals surface area contributed by atoms with Gasteiger partial charge in [-0.25, -0.2) is 8.42 Å². The number of aliphatic hydroxyl groups is 1. The van der Waals surface area contributed by atoms with Crippen LogP contribution in [-0.4, -0.2) is 25.4 Å². The van der Waals surface area contributed by atoms with Gasteiger partial charge in [0.25, 0.3) is 0 Å². The Bertz CT molecular complexity index is 376. The maximum absolute atomic E-state index is 10.9. The van der Waals surface area contributed by atoms with Crippen LogP contribution in [0.2, 0.25) is 0 Å². The molecule has 0 saturated carbocycles. The molecule has 5 heteroatoms. The summed E-state index contributed by atoms with van der Waals surface area (Å²) in [5.74, 6) is 0. The fourth-order valence-electron chi connectivity index (χ4n) is 1.08. The van der Waals surface area contributed by atoms with Gasteiger partial charge in [0.1, 0.15) is 5.60 Å². The number of sulfonamides is 1. The monoisotopic (exact) mass is 203 g/mol. The van der Waals surface area contributed by atoms with E-state index >= 15 is 0 Å². The van der Waals surface area contributed by atoms with E-state index in [4.69, 9.17) is 0 Å². The second kappa shape index (κ2) is 2.85. The molecule has 2 N–H and O–H groups in total. The Kier molecular flexibility index (Phi) is 2.25. The molecule has 0 aromatic rings. The van der Waals surface area contributed by atoms with Crippen LogP contribution in [0, 0.1) is 0 Å². The van der Waals surface area contributed by atoms with Crippen LogP contribution in [-0.2, 0) is 10.0 Å². The summed E-state index contributed by atoms with van der Waals surface area (Å²) in [6, 6.07) is 0. The second-order valence-corrected chi connectivity index (χ2v) is 5.12. The van der Waals surface area contributed by atoms with E-state index in [1.165, 1.54) is 0 Å². The van der Waals surface area contributed by atoms with Crippen LogP contribution in [0.3, 0.4) is 0 Å². The standard InChI is InChI=1S/C8H13NO3S/c1-6-4-5-7(8(6,2)10)9-13(3,11)12/h4-5,9-10H,1-3H3. The highest BCUT2D eigenvalue weighted by atomic mass is 32.2. The van der Waals surface area contributed by atoms with E-state index in [0.717, 1.165) is 11.8 Å². The van der Waals surface area contributed by atoms with Gasteiger partial charge in [-0.2, -0.15) is 0 Å². The Morgan fingerprint density at radius 3 is 2.31 bits per heavy atom. The predicted molar refractivity (Wildman–Crippen MR) is 50.4 cm³/mol. The zero-order valence-corrected chi connectivity index (χ0v) is 8.64. The molecular formula is C8H13NO3S. The molecule has 0 fully saturated rings. The van der Waals surface area contributed by atoms with Crippen molar-refractivity contribution in [1.29, 1.82) is 0 Å². The molecule has 0 aliphatic heterocycles. The lowest BCUT2D eigenvalue weighted by Crippen LogP contribution is -2.36. The molecule has 1 aliphatic rings. The minimum atomic E-state index is -3.31. The van der Waals surface area contributed by atoms with Crippen molar-refractivity contribution in [2.75, 3.05) is 6.26 Å². The molecule has 0 bridgehead atoms. The zero-order valence-electron chi connectivity index (χ0n) is 7.83.